The summed E-state index contributed by atoms with van der Waals surface area (Å²) in [5.41, 5.74) is 2.07. The first-order valence-electron chi connectivity index (χ1n) is 9.30. The molecule has 0 bridgehead atoms. The summed E-state index contributed by atoms with van der Waals surface area (Å²) in [6.45, 7) is 4.20. The van der Waals surface area contributed by atoms with Gasteiger partial charge in [0.25, 0.3) is 0 Å². The lowest BCUT2D eigenvalue weighted by Crippen LogP contribution is -2.07. The van der Waals surface area contributed by atoms with E-state index in [1.54, 1.807) is 39.2 Å². The Bertz CT molecular complexity index is 1120. The van der Waals surface area contributed by atoms with Gasteiger partial charge in [-0.3, -0.25) is 0 Å². The molecule has 30 heavy (non-hydrogen) atoms. The molecule has 0 aliphatic carbocycles. The molecule has 1 heterocycles. The molecule has 0 unspecified atom stereocenters. The molecule has 1 N–H and O–H groups in total. The van der Waals surface area contributed by atoms with E-state index in [0.29, 0.717) is 51.7 Å². The molecular weight excluding hydrogens is 425 g/mol. The average molecular weight is 446 g/mol. The van der Waals surface area contributed by atoms with Crippen molar-refractivity contribution in [2.24, 2.45) is 0 Å². The predicted molar refractivity (Wildman–Crippen MR) is 120 cm³/mol. The Hall–Kier alpha value is -2.83. The molecule has 0 atom stereocenters. The molecule has 2 aromatic carbocycles. The van der Waals surface area contributed by atoms with Crippen molar-refractivity contribution < 1.29 is 14.3 Å². The highest BCUT2D eigenvalue weighted by Gasteiger charge is 2.11. The first-order chi connectivity index (χ1) is 14.4. The van der Waals surface area contributed by atoms with Gasteiger partial charge < -0.3 is 14.8 Å². The Morgan fingerprint density at radius 1 is 1.17 bits per heavy atom. The molecule has 3 aromatic rings. The highest BCUT2D eigenvalue weighted by Crippen LogP contribution is 2.27. The summed E-state index contributed by atoms with van der Waals surface area (Å²) in [6, 6.07) is 10.9. The van der Waals surface area contributed by atoms with Crippen molar-refractivity contribution in [3.63, 3.8) is 0 Å². The highest BCUT2D eigenvalue weighted by molar-refractivity contribution is 6.32. The van der Waals surface area contributed by atoms with Crippen LogP contribution in [-0.4, -0.2) is 29.7 Å². The van der Waals surface area contributed by atoms with Crippen molar-refractivity contribution in [3.8, 4) is 5.75 Å². The summed E-state index contributed by atoms with van der Waals surface area (Å²) in [4.78, 5) is 21.0. The van der Waals surface area contributed by atoms with E-state index in [-0.39, 0.29) is 0 Å². The van der Waals surface area contributed by atoms with Gasteiger partial charge in [0.1, 0.15) is 11.6 Å². The molecule has 0 amide bonds. The number of carbonyl (C=O) groups is 1. The van der Waals surface area contributed by atoms with Gasteiger partial charge in [0, 0.05) is 22.5 Å². The van der Waals surface area contributed by atoms with Crippen LogP contribution in [0.25, 0.3) is 17.0 Å². The molecule has 156 valence electrons. The van der Waals surface area contributed by atoms with Crippen LogP contribution in [0, 0.1) is 0 Å². The van der Waals surface area contributed by atoms with Crippen LogP contribution >= 0.6 is 23.2 Å². The van der Waals surface area contributed by atoms with Gasteiger partial charge in [0.15, 0.2) is 5.82 Å². The van der Waals surface area contributed by atoms with Gasteiger partial charge in [-0.05, 0) is 55.8 Å². The van der Waals surface area contributed by atoms with Crippen LogP contribution in [0.15, 0.2) is 42.0 Å². The second kappa shape index (κ2) is 9.78. The quantitative estimate of drug-likeness (QED) is 0.380. The van der Waals surface area contributed by atoms with Gasteiger partial charge in [-0.25, -0.2) is 14.8 Å². The molecule has 0 spiro atoms. The number of rotatable bonds is 7. The molecule has 3 rings (SSSR count). The lowest BCUT2D eigenvalue weighted by Gasteiger charge is -2.12. The van der Waals surface area contributed by atoms with Crippen molar-refractivity contribution in [3.05, 3.63) is 63.4 Å². The average Bonchev–Trinajstić information content (AvgIpc) is 2.72. The number of methoxy groups -OCH3 is 1. The molecule has 0 aliphatic rings. The van der Waals surface area contributed by atoms with Crippen LogP contribution in [0.1, 0.15) is 25.2 Å². The van der Waals surface area contributed by atoms with Crippen LogP contribution in [0.2, 0.25) is 10.0 Å². The fraction of sp³-hybridized carbons (Fsp3) is 0.227. The first-order valence-corrected chi connectivity index (χ1v) is 10.1. The topological polar surface area (TPSA) is 73.3 Å². The van der Waals surface area contributed by atoms with E-state index in [2.05, 4.69) is 15.3 Å². The molecule has 6 nitrogen and oxygen atoms in total. The summed E-state index contributed by atoms with van der Waals surface area (Å²) >= 11 is 12.4. The first kappa shape index (κ1) is 21.9. The van der Waals surface area contributed by atoms with E-state index in [1.165, 1.54) is 0 Å². The summed E-state index contributed by atoms with van der Waals surface area (Å²) in [6.07, 6.45) is 1.60. The number of benzene rings is 2. The molecule has 0 radical (unpaired) electrons. The van der Waals surface area contributed by atoms with E-state index in [0.717, 1.165) is 10.9 Å². The van der Waals surface area contributed by atoms with Gasteiger partial charge in [0.05, 0.1) is 24.3 Å². The third kappa shape index (κ3) is 5.20. The maximum Gasteiger partial charge on any atom is 0.333 e. The minimum atomic E-state index is -0.403. The molecule has 0 aliphatic heterocycles. The predicted octanol–water partition coefficient (Wildman–Crippen LogP) is 5.52. The molecule has 1 aromatic heterocycles. The Morgan fingerprint density at radius 3 is 2.67 bits per heavy atom. The maximum absolute atomic E-state index is 11.9. The Kier molecular flexibility index (Phi) is 7.13. The minimum Gasteiger partial charge on any atom is -0.495 e. The van der Waals surface area contributed by atoms with E-state index in [1.807, 2.05) is 24.3 Å². The number of anilines is 1. The number of aromatic nitrogens is 2. The second-order valence-electron chi connectivity index (χ2n) is 6.46. The van der Waals surface area contributed by atoms with Crippen LogP contribution in [0.5, 0.6) is 5.75 Å². The Balaban J connectivity index is 1.95. The minimum absolute atomic E-state index is 0.304. The SMILES string of the molecule is CCOC(=O)/C(C)=C\c1nc(NCc2ccc(OC)c(Cl)c2)c2cc(Cl)ccc2n1. The van der Waals surface area contributed by atoms with Crippen LogP contribution in [0.4, 0.5) is 5.82 Å². The number of nitrogens with one attached hydrogen (secondary N) is 1. The number of hydrogen-bond acceptors (Lipinski definition) is 6. The largest absolute Gasteiger partial charge is 0.495 e. The molecule has 0 fully saturated rings. The third-order valence-electron chi connectivity index (χ3n) is 4.29. The van der Waals surface area contributed by atoms with Crippen molar-refractivity contribution in [1.29, 1.82) is 0 Å². The van der Waals surface area contributed by atoms with E-state index in [9.17, 15) is 4.79 Å². The van der Waals surface area contributed by atoms with Gasteiger partial charge in [-0.15, -0.1) is 0 Å². The number of hydrogen-bond donors (Lipinski definition) is 1. The van der Waals surface area contributed by atoms with Crippen molar-refractivity contribution in [2.45, 2.75) is 20.4 Å². The summed E-state index contributed by atoms with van der Waals surface area (Å²) in [7, 11) is 1.57. The molecule has 8 heteroatoms. The van der Waals surface area contributed by atoms with Crippen molar-refractivity contribution in [1.82, 2.24) is 9.97 Å². The molecule has 0 saturated carbocycles. The number of ether oxygens (including phenoxy) is 2. The number of fused-ring (bicyclic) bond motifs is 1. The Labute approximate surface area is 184 Å². The van der Waals surface area contributed by atoms with E-state index < -0.39 is 5.97 Å². The zero-order chi connectivity index (χ0) is 21.7. The zero-order valence-corrected chi connectivity index (χ0v) is 18.3. The molecule has 0 saturated heterocycles. The van der Waals surface area contributed by atoms with Gasteiger partial charge in [0.2, 0.25) is 0 Å². The lowest BCUT2D eigenvalue weighted by atomic mass is 10.2. The summed E-state index contributed by atoms with van der Waals surface area (Å²) in [5, 5.41) is 5.19. The Morgan fingerprint density at radius 2 is 1.97 bits per heavy atom. The van der Waals surface area contributed by atoms with Crippen LogP contribution < -0.4 is 10.1 Å². The van der Waals surface area contributed by atoms with Crippen molar-refractivity contribution in [2.75, 3.05) is 19.0 Å². The monoisotopic (exact) mass is 445 g/mol. The fourth-order valence-electron chi connectivity index (χ4n) is 2.82. The standard InChI is InChI=1S/C22H21Cl2N3O3/c1-4-30-22(28)13(2)9-20-26-18-7-6-15(23)11-16(18)21(27-20)25-12-14-5-8-19(29-3)17(24)10-14/h5-11H,4,12H2,1-3H3,(H,25,26,27)/b13-9-. The van der Waals surface area contributed by atoms with Gasteiger partial charge in [-0.2, -0.15) is 0 Å². The highest BCUT2D eigenvalue weighted by atomic mass is 35.5. The van der Waals surface area contributed by atoms with Gasteiger partial charge in [-0.1, -0.05) is 29.3 Å². The zero-order valence-electron chi connectivity index (χ0n) is 16.8. The smallest absolute Gasteiger partial charge is 0.333 e. The van der Waals surface area contributed by atoms with Crippen LogP contribution in [0.3, 0.4) is 0 Å². The van der Waals surface area contributed by atoms with Gasteiger partial charge >= 0.3 is 5.97 Å². The van der Waals surface area contributed by atoms with Crippen LogP contribution in [-0.2, 0) is 16.1 Å². The number of halogens is 2. The normalized spacial score (nSPS) is 11.4. The summed E-state index contributed by atoms with van der Waals surface area (Å²) in [5.74, 6) is 1.20. The maximum atomic E-state index is 11.9. The number of carbonyl (C=O) groups excluding carboxylic acids is 1. The van der Waals surface area contributed by atoms with Crippen molar-refractivity contribution >= 4 is 52.0 Å². The fourth-order valence-corrected chi connectivity index (χ4v) is 3.27. The third-order valence-corrected chi connectivity index (χ3v) is 4.82. The summed E-state index contributed by atoms with van der Waals surface area (Å²) < 4.78 is 10.2. The van der Waals surface area contributed by atoms with E-state index in [4.69, 9.17) is 32.7 Å². The lowest BCUT2D eigenvalue weighted by molar-refractivity contribution is -0.138. The number of esters is 1. The van der Waals surface area contributed by atoms with E-state index >= 15 is 0 Å². The second-order valence-corrected chi connectivity index (χ2v) is 7.31. The number of nitrogens with zero attached hydrogens (tertiary/aromatic N) is 2. The molecular formula is C22H21Cl2N3O3.